The number of hydrogen-bond acceptors (Lipinski definition) is 3. The molecule has 112 valence electrons. The zero-order valence-corrected chi connectivity index (χ0v) is 12.8. The quantitative estimate of drug-likeness (QED) is 0.920. The van der Waals surface area contributed by atoms with Crippen LogP contribution in [0.15, 0.2) is 48.8 Å². The van der Waals surface area contributed by atoms with Crippen molar-refractivity contribution in [2.24, 2.45) is 0 Å². The van der Waals surface area contributed by atoms with E-state index in [0.717, 1.165) is 17.5 Å². The van der Waals surface area contributed by atoms with Crippen LogP contribution in [0.25, 0.3) is 0 Å². The molecule has 0 bridgehead atoms. The molecule has 0 saturated heterocycles. The molecule has 0 saturated carbocycles. The maximum absolute atomic E-state index is 11.0. The van der Waals surface area contributed by atoms with Gasteiger partial charge in [0.2, 0.25) is 0 Å². The second-order valence-corrected chi connectivity index (χ2v) is 5.10. The summed E-state index contributed by atoms with van der Waals surface area (Å²) in [4.78, 5) is 15.1. The van der Waals surface area contributed by atoms with Gasteiger partial charge in [-0.1, -0.05) is 18.2 Å². The predicted octanol–water partition coefficient (Wildman–Crippen LogP) is 3.34. The van der Waals surface area contributed by atoms with Gasteiger partial charge in [-0.05, 0) is 49.6 Å². The van der Waals surface area contributed by atoms with Gasteiger partial charge in [0.25, 0.3) is 0 Å². The topological polar surface area (TPSA) is 59.4 Å². The van der Waals surface area contributed by atoms with Gasteiger partial charge in [-0.3, -0.25) is 4.98 Å². The lowest BCUT2D eigenvalue weighted by Crippen LogP contribution is -2.37. The molecular formula is C16H18ClNO3. The van der Waals surface area contributed by atoms with Crippen LogP contribution in [0.5, 0.6) is 5.75 Å². The molecule has 5 heteroatoms. The Labute approximate surface area is 130 Å². The zero-order chi connectivity index (χ0) is 14.6. The first-order chi connectivity index (χ1) is 9.47. The Balaban J connectivity index is 0.00000220. The molecule has 0 amide bonds. The molecule has 0 aliphatic heterocycles. The molecule has 4 nitrogen and oxygen atoms in total. The first-order valence-corrected chi connectivity index (χ1v) is 6.37. The van der Waals surface area contributed by atoms with E-state index in [2.05, 4.69) is 4.98 Å². The van der Waals surface area contributed by atoms with Gasteiger partial charge in [0.05, 0.1) is 0 Å². The van der Waals surface area contributed by atoms with Gasteiger partial charge in [0, 0.05) is 12.4 Å². The molecule has 0 atom stereocenters. The lowest BCUT2D eigenvalue weighted by Gasteiger charge is -2.21. The number of aromatic nitrogens is 1. The number of benzene rings is 1. The molecule has 0 radical (unpaired) electrons. The van der Waals surface area contributed by atoms with Crippen molar-refractivity contribution in [2.75, 3.05) is 0 Å². The van der Waals surface area contributed by atoms with E-state index in [1.165, 1.54) is 13.8 Å². The highest BCUT2D eigenvalue weighted by Gasteiger charge is 2.29. The molecule has 1 aromatic heterocycles. The third-order valence-corrected chi connectivity index (χ3v) is 2.94. The first kappa shape index (κ1) is 17.0. The SMILES string of the molecule is CC(C)(Oc1ccc(Cc2cccnc2)cc1)C(=O)O.Cl. The van der Waals surface area contributed by atoms with Crippen LogP contribution in [-0.2, 0) is 11.2 Å². The molecule has 2 rings (SSSR count). The first-order valence-electron chi connectivity index (χ1n) is 6.37. The number of carboxylic acid groups (broad SMARTS) is 1. The number of ether oxygens (including phenoxy) is 1. The number of hydrogen-bond donors (Lipinski definition) is 1. The lowest BCUT2D eigenvalue weighted by molar-refractivity contribution is -0.152. The van der Waals surface area contributed by atoms with E-state index < -0.39 is 11.6 Å². The largest absolute Gasteiger partial charge is 0.478 e. The summed E-state index contributed by atoms with van der Waals surface area (Å²) in [7, 11) is 0. The monoisotopic (exact) mass is 307 g/mol. The fraction of sp³-hybridized carbons (Fsp3) is 0.250. The summed E-state index contributed by atoms with van der Waals surface area (Å²) in [6, 6.07) is 11.4. The summed E-state index contributed by atoms with van der Waals surface area (Å²) in [5.74, 6) is -0.440. The number of pyridine rings is 1. The van der Waals surface area contributed by atoms with Crippen LogP contribution in [0.3, 0.4) is 0 Å². The molecular weight excluding hydrogens is 290 g/mol. The maximum Gasteiger partial charge on any atom is 0.347 e. The molecule has 0 spiro atoms. The molecule has 1 aromatic carbocycles. The van der Waals surface area contributed by atoms with Crippen molar-refractivity contribution in [3.63, 3.8) is 0 Å². The fourth-order valence-electron chi connectivity index (χ4n) is 1.75. The number of carboxylic acids is 1. The minimum Gasteiger partial charge on any atom is -0.478 e. The van der Waals surface area contributed by atoms with Gasteiger partial charge >= 0.3 is 5.97 Å². The third-order valence-electron chi connectivity index (χ3n) is 2.94. The summed E-state index contributed by atoms with van der Waals surface area (Å²) < 4.78 is 5.46. The Kier molecular flexibility index (Phi) is 5.73. The Morgan fingerprint density at radius 1 is 1.19 bits per heavy atom. The summed E-state index contributed by atoms with van der Waals surface area (Å²) in [6.45, 7) is 3.05. The highest BCUT2D eigenvalue weighted by Crippen LogP contribution is 2.20. The van der Waals surface area contributed by atoms with E-state index in [4.69, 9.17) is 9.84 Å². The van der Waals surface area contributed by atoms with Crippen molar-refractivity contribution in [3.8, 4) is 5.75 Å². The third kappa shape index (κ3) is 4.76. The van der Waals surface area contributed by atoms with Crippen LogP contribution in [-0.4, -0.2) is 21.7 Å². The summed E-state index contributed by atoms with van der Waals surface area (Å²) in [5, 5.41) is 9.02. The molecule has 1 N–H and O–H groups in total. The zero-order valence-electron chi connectivity index (χ0n) is 11.9. The van der Waals surface area contributed by atoms with Crippen molar-refractivity contribution in [1.82, 2.24) is 4.98 Å². The minimum atomic E-state index is -1.23. The van der Waals surface area contributed by atoms with Gasteiger partial charge in [0.1, 0.15) is 5.75 Å². The second-order valence-electron chi connectivity index (χ2n) is 5.10. The van der Waals surface area contributed by atoms with Crippen LogP contribution in [0.2, 0.25) is 0 Å². The number of nitrogens with zero attached hydrogens (tertiary/aromatic N) is 1. The second kappa shape index (κ2) is 7.09. The van der Waals surface area contributed by atoms with E-state index in [0.29, 0.717) is 5.75 Å². The van der Waals surface area contributed by atoms with E-state index >= 15 is 0 Å². The molecule has 21 heavy (non-hydrogen) atoms. The minimum absolute atomic E-state index is 0. The van der Waals surface area contributed by atoms with Crippen molar-refractivity contribution < 1.29 is 14.6 Å². The fourth-order valence-corrected chi connectivity index (χ4v) is 1.75. The van der Waals surface area contributed by atoms with Gasteiger partial charge in [0.15, 0.2) is 5.60 Å². The standard InChI is InChI=1S/C16H17NO3.ClH/c1-16(2,15(18)19)20-14-7-5-12(6-8-14)10-13-4-3-9-17-11-13;/h3-9,11H,10H2,1-2H3,(H,18,19);1H. The lowest BCUT2D eigenvalue weighted by atomic mass is 10.1. The van der Waals surface area contributed by atoms with Gasteiger partial charge in [-0.2, -0.15) is 0 Å². The molecule has 0 aliphatic carbocycles. The molecule has 1 heterocycles. The van der Waals surface area contributed by atoms with E-state index in [9.17, 15) is 4.79 Å². The summed E-state index contributed by atoms with van der Waals surface area (Å²) >= 11 is 0. The highest BCUT2D eigenvalue weighted by atomic mass is 35.5. The Bertz CT molecular complexity index is 582. The van der Waals surface area contributed by atoms with Crippen molar-refractivity contribution >= 4 is 18.4 Å². The van der Waals surface area contributed by atoms with E-state index in [-0.39, 0.29) is 12.4 Å². The average Bonchev–Trinajstić information content (AvgIpc) is 2.42. The smallest absolute Gasteiger partial charge is 0.347 e. The van der Waals surface area contributed by atoms with Gasteiger partial charge in [-0.25, -0.2) is 4.79 Å². The Morgan fingerprint density at radius 3 is 2.38 bits per heavy atom. The van der Waals surface area contributed by atoms with Crippen LogP contribution in [0.4, 0.5) is 0 Å². The average molecular weight is 308 g/mol. The highest BCUT2D eigenvalue weighted by molar-refractivity contribution is 5.85. The predicted molar refractivity (Wildman–Crippen MR) is 83.1 cm³/mol. The molecule has 2 aromatic rings. The van der Waals surface area contributed by atoms with E-state index in [1.54, 1.807) is 18.3 Å². The molecule has 0 unspecified atom stereocenters. The molecule has 0 aliphatic rings. The van der Waals surface area contributed by atoms with Crippen LogP contribution in [0, 0.1) is 0 Å². The number of aliphatic carboxylic acids is 1. The van der Waals surface area contributed by atoms with Crippen molar-refractivity contribution in [1.29, 1.82) is 0 Å². The van der Waals surface area contributed by atoms with Crippen LogP contribution in [0.1, 0.15) is 25.0 Å². The van der Waals surface area contributed by atoms with Crippen molar-refractivity contribution in [3.05, 3.63) is 59.9 Å². The van der Waals surface area contributed by atoms with Crippen LogP contribution >= 0.6 is 12.4 Å². The Morgan fingerprint density at radius 2 is 1.86 bits per heavy atom. The van der Waals surface area contributed by atoms with Crippen molar-refractivity contribution in [2.45, 2.75) is 25.9 Å². The van der Waals surface area contributed by atoms with Gasteiger partial charge in [-0.15, -0.1) is 12.4 Å². The Hall–Kier alpha value is -2.07. The summed E-state index contributed by atoms with van der Waals surface area (Å²) in [5.41, 5.74) is 1.02. The number of halogens is 1. The van der Waals surface area contributed by atoms with Crippen LogP contribution < -0.4 is 4.74 Å². The normalized spacial score (nSPS) is 10.6. The van der Waals surface area contributed by atoms with E-state index in [1.807, 2.05) is 30.5 Å². The maximum atomic E-state index is 11.0. The van der Waals surface area contributed by atoms with Gasteiger partial charge < -0.3 is 9.84 Å². The summed E-state index contributed by atoms with van der Waals surface area (Å²) in [6.07, 6.45) is 4.36. The number of rotatable bonds is 5. The number of carbonyl (C=O) groups is 1. The molecule has 0 fully saturated rings.